The Kier molecular flexibility index (Phi) is 3.25. The van der Waals surface area contributed by atoms with Crippen LogP contribution in [-0.4, -0.2) is 9.78 Å². The number of nitriles is 1. The monoisotopic (exact) mass is 253 g/mol. The first-order valence-electron chi connectivity index (χ1n) is 7.20. The van der Waals surface area contributed by atoms with Gasteiger partial charge in [-0.1, -0.05) is 31.9 Å². The van der Waals surface area contributed by atoms with Gasteiger partial charge >= 0.3 is 0 Å². The van der Waals surface area contributed by atoms with E-state index in [4.69, 9.17) is 10.4 Å². The van der Waals surface area contributed by atoms with E-state index in [9.17, 15) is 0 Å². The zero-order chi connectivity index (χ0) is 13.2. The molecule has 1 aromatic heterocycles. The molecule has 1 fully saturated rings. The quantitative estimate of drug-likeness (QED) is 0.835. The van der Waals surface area contributed by atoms with Gasteiger partial charge in [0, 0.05) is 5.39 Å². The average Bonchev–Trinajstić information content (AvgIpc) is 3.05. The van der Waals surface area contributed by atoms with Crippen LogP contribution in [-0.2, 0) is 12.8 Å². The Balaban J connectivity index is 2.13. The van der Waals surface area contributed by atoms with Gasteiger partial charge in [-0.05, 0) is 30.9 Å². The minimum atomic E-state index is 0.479. The highest BCUT2D eigenvalue weighted by Crippen LogP contribution is 2.33. The predicted molar refractivity (Wildman–Crippen MR) is 75.9 cm³/mol. The summed E-state index contributed by atoms with van der Waals surface area (Å²) >= 11 is 0. The SMILES string of the molecule is CCc1nn(C2CCCC2)c2cc(CC#N)ccc12. The lowest BCUT2D eigenvalue weighted by Crippen LogP contribution is -2.06. The van der Waals surface area contributed by atoms with E-state index >= 15 is 0 Å². The van der Waals surface area contributed by atoms with Crippen LogP contribution >= 0.6 is 0 Å². The van der Waals surface area contributed by atoms with Crippen molar-refractivity contribution in [2.45, 2.75) is 51.5 Å². The summed E-state index contributed by atoms with van der Waals surface area (Å²) in [6.07, 6.45) is 6.54. The van der Waals surface area contributed by atoms with Crippen LogP contribution in [0.4, 0.5) is 0 Å². The second-order valence-electron chi connectivity index (χ2n) is 5.37. The number of hydrogen-bond acceptors (Lipinski definition) is 2. The summed E-state index contributed by atoms with van der Waals surface area (Å²) in [6.45, 7) is 2.16. The van der Waals surface area contributed by atoms with E-state index in [1.165, 1.54) is 42.3 Å². The van der Waals surface area contributed by atoms with Crippen LogP contribution in [0.25, 0.3) is 10.9 Å². The molecule has 1 aromatic carbocycles. The molecule has 0 saturated heterocycles. The minimum absolute atomic E-state index is 0.479. The van der Waals surface area contributed by atoms with Crippen LogP contribution in [0.5, 0.6) is 0 Å². The molecule has 0 unspecified atom stereocenters. The van der Waals surface area contributed by atoms with Gasteiger partial charge in [0.1, 0.15) is 0 Å². The molecule has 0 N–H and O–H groups in total. The van der Waals surface area contributed by atoms with Crippen molar-refractivity contribution in [3.05, 3.63) is 29.5 Å². The van der Waals surface area contributed by atoms with Gasteiger partial charge in [-0.25, -0.2) is 0 Å². The summed E-state index contributed by atoms with van der Waals surface area (Å²) in [5.41, 5.74) is 3.50. The molecule has 3 nitrogen and oxygen atoms in total. The van der Waals surface area contributed by atoms with Gasteiger partial charge in [0.05, 0.1) is 29.7 Å². The molecule has 2 aromatic rings. The molecule has 1 aliphatic carbocycles. The van der Waals surface area contributed by atoms with Gasteiger partial charge in [-0.2, -0.15) is 10.4 Å². The molecule has 0 bridgehead atoms. The molecule has 3 heteroatoms. The number of aryl methyl sites for hydroxylation is 1. The van der Waals surface area contributed by atoms with E-state index in [2.05, 4.69) is 35.9 Å². The Bertz CT molecular complexity index is 627. The first kappa shape index (κ1) is 12.2. The summed E-state index contributed by atoms with van der Waals surface area (Å²) < 4.78 is 2.22. The first-order chi connectivity index (χ1) is 9.33. The number of rotatable bonds is 3. The number of nitrogens with zero attached hydrogens (tertiary/aromatic N) is 3. The summed E-state index contributed by atoms with van der Waals surface area (Å²) in [6, 6.07) is 9.14. The maximum Gasteiger partial charge on any atom is 0.0700 e. The Morgan fingerprint density at radius 2 is 2.16 bits per heavy atom. The zero-order valence-corrected chi connectivity index (χ0v) is 11.4. The van der Waals surface area contributed by atoms with Gasteiger partial charge < -0.3 is 0 Å². The topological polar surface area (TPSA) is 41.6 Å². The summed E-state index contributed by atoms with van der Waals surface area (Å²) in [5.74, 6) is 0. The van der Waals surface area contributed by atoms with Gasteiger partial charge in [-0.15, -0.1) is 0 Å². The lowest BCUT2D eigenvalue weighted by molar-refractivity contribution is 0.477. The van der Waals surface area contributed by atoms with Gasteiger partial charge in [-0.3, -0.25) is 4.68 Å². The Hall–Kier alpha value is -1.82. The largest absolute Gasteiger partial charge is 0.262 e. The number of benzene rings is 1. The van der Waals surface area contributed by atoms with Crippen molar-refractivity contribution in [2.75, 3.05) is 0 Å². The summed E-state index contributed by atoms with van der Waals surface area (Å²) in [7, 11) is 0. The van der Waals surface area contributed by atoms with Crippen LogP contribution in [0.2, 0.25) is 0 Å². The van der Waals surface area contributed by atoms with E-state index in [-0.39, 0.29) is 0 Å². The maximum absolute atomic E-state index is 8.85. The first-order valence-corrected chi connectivity index (χ1v) is 7.20. The molecule has 0 radical (unpaired) electrons. The number of aromatic nitrogens is 2. The van der Waals surface area contributed by atoms with Crippen molar-refractivity contribution in [2.24, 2.45) is 0 Å². The molecule has 3 rings (SSSR count). The summed E-state index contributed by atoms with van der Waals surface area (Å²) in [5, 5.41) is 14.9. The van der Waals surface area contributed by atoms with E-state index < -0.39 is 0 Å². The van der Waals surface area contributed by atoms with Crippen molar-refractivity contribution in [1.82, 2.24) is 9.78 Å². The third kappa shape index (κ3) is 2.12. The molecule has 1 heterocycles. The van der Waals surface area contributed by atoms with Gasteiger partial charge in [0.25, 0.3) is 0 Å². The third-order valence-corrected chi connectivity index (χ3v) is 4.14. The van der Waals surface area contributed by atoms with E-state index in [1.54, 1.807) is 0 Å². The second-order valence-corrected chi connectivity index (χ2v) is 5.37. The zero-order valence-electron chi connectivity index (χ0n) is 11.4. The molecule has 0 amide bonds. The number of hydrogen-bond donors (Lipinski definition) is 0. The van der Waals surface area contributed by atoms with E-state index in [0.29, 0.717) is 12.5 Å². The molecule has 0 aliphatic heterocycles. The molecule has 98 valence electrons. The third-order valence-electron chi connectivity index (χ3n) is 4.14. The van der Waals surface area contributed by atoms with E-state index in [0.717, 1.165) is 12.0 Å². The lowest BCUT2D eigenvalue weighted by Gasteiger charge is -2.11. The van der Waals surface area contributed by atoms with Crippen LogP contribution in [0.3, 0.4) is 0 Å². The maximum atomic E-state index is 8.85. The highest BCUT2D eigenvalue weighted by atomic mass is 15.3. The van der Waals surface area contributed by atoms with Gasteiger partial charge in [0.15, 0.2) is 0 Å². The molecule has 1 saturated carbocycles. The molecular weight excluding hydrogens is 234 g/mol. The lowest BCUT2D eigenvalue weighted by atomic mass is 10.1. The van der Waals surface area contributed by atoms with Gasteiger partial charge in [0.2, 0.25) is 0 Å². The van der Waals surface area contributed by atoms with Crippen LogP contribution in [0.1, 0.15) is 49.9 Å². The summed E-state index contributed by atoms with van der Waals surface area (Å²) in [4.78, 5) is 0. The van der Waals surface area contributed by atoms with Crippen LogP contribution in [0, 0.1) is 11.3 Å². The molecule has 0 atom stereocenters. The van der Waals surface area contributed by atoms with Crippen LogP contribution < -0.4 is 0 Å². The molecule has 0 spiro atoms. The fourth-order valence-corrected chi connectivity index (χ4v) is 3.14. The van der Waals surface area contributed by atoms with E-state index in [1.807, 2.05) is 0 Å². The Labute approximate surface area is 113 Å². The van der Waals surface area contributed by atoms with Crippen molar-refractivity contribution >= 4 is 10.9 Å². The highest BCUT2D eigenvalue weighted by Gasteiger charge is 2.21. The van der Waals surface area contributed by atoms with Crippen LogP contribution in [0.15, 0.2) is 18.2 Å². The van der Waals surface area contributed by atoms with Crippen molar-refractivity contribution in [1.29, 1.82) is 5.26 Å². The Morgan fingerprint density at radius 3 is 2.84 bits per heavy atom. The smallest absolute Gasteiger partial charge is 0.0700 e. The van der Waals surface area contributed by atoms with Crippen molar-refractivity contribution < 1.29 is 0 Å². The standard InChI is InChI=1S/C16H19N3/c1-2-15-14-8-7-12(9-10-17)11-16(14)19(18-15)13-5-3-4-6-13/h7-8,11,13H,2-6,9H2,1H3. The Morgan fingerprint density at radius 1 is 1.37 bits per heavy atom. The fourth-order valence-electron chi connectivity index (χ4n) is 3.14. The highest BCUT2D eigenvalue weighted by molar-refractivity contribution is 5.83. The second kappa shape index (κ2) is 5.05. The fraction of sp³-hybridized carbons (Fsp3) is 0.500. The normalized spacial score (nSPS) is 16.0. The molecule has 19 heavy (non-hydrogen) atoms. The molecule has 1 aliphatic rings. The minimum Gasteiger partial charge on any atom is -0.262 e. The predicted octanol–water partition coefficient (Wildman–Crippen LogP) is 3.78. The average molecular weight is 253 g/mol. The molecular formula is C16H19N3. The van der Waals surface area contributed by atoms with Crippen molar-refractivity contribution in [3.8, 4) is 6.07 Å². The number of fused-ring (bicyclic) bond motifs is 1. The van der Waals surface area contributed by atoms with Crippen molar-refractivity contribution in [3.63, 3.8) is 0 Å².